The van der Waals surface area contributed by atoms with Gasteiger partial charge in [-0.2, -0.15) is 9.93 Å². The van der Waals surface area contributed by atoms with Gasteiger partial charge in [-0.1, -0.05) is 0 Å². The summed E-state index contributed by atoms with van der Waals surface area (Å²) < 4.78 is 3.72. The fraction of sp³-hybridized carbons (Fsp3) is 0.200. The number of hydrogen-bond acceptors (Lipinski definition) is 3. The molecule has 0 atom stereocenters. The van der Waals surface area contributed by atoms with E-state index in [9.17, 15) is 0 Å². The molecule has 0 aliphatic rings. The zero-order valence-electron chi connectivity index (χ0n) is 8.43. The summed E-state index contributed by atoms with van der Waals surface area (Å²) in [7, 11) is 0. The highest BCUT2D eigenvalue weighted by Gasteiger charge is 2.04. The molecule has 0 spiro atoms. The van der Waals surface area contributed by atoms with Crippen molar-refractivity contribution < 1.29 is 0 Å². The van der Waals surface area contributed by atoms with E-state index < -0.39 is 0 Å². The molecular weight excluding hydrogens is 244 g/mol. The molecule has 0 aromatic carbocycles. The summed E-state index contributed by atoms with van der Waals surface area (Å²) in [5.41, 5.74) is 8.49. The van der Waals surface area contributed by atoms with Crippen molar-refractivity contribution in [2.75, 3.05) is 0 Å². The van der Waals surface area contributed by atoms with Crippen molar-refractivity contribution in [1.82, 2.24) is 9.65 Å². The standard InChI is InChI=1S/C10H9ClN4S/c11-7-15-10(13)16-6-9-5-8(1-3-12)2-4-14-9/h2,4-5,7,13H,1,6H2/p+1. The Morgan fingerprint density at radius 2 is 2.56 bits per heavy atom. The van der Waals surface area contributed by atoms with Gasteiger partial charge in [0.25, 0.3) is 5.67 Å². The first-order valence-corrected chi connectivity index (χ1v) is 5.87. The molecule has 2 N–H and O–H groups in total. The topological polar surface area (TPSA) is 76.8 Å². The maximum absolute atomic E-state index is 8.57. The van der Waals surface area contributed by atoms with Crippen LogP contribution in [0.15, 0.2) is 18.3 Å². The monoisotopic (exact) mass is 253 g/mol. The first-order valence-electron chi connectivity index (χ1n) is 4.45. The molecule has 6 heteroatoms. The number of nitriles is 1. The Hall–Kier alpha value is -1.47. The Morgan fingerprint density at radius 1 is 1.75 bits per heavy atom. The van der Waals surface area contributed by atoms with Crippen LogP contribution in [0.3, 0.4) is 0 Å². The van der Waals surface area contributed by atoms with E-state index in [0.717, 1.165) is 16.9 Å². The number of pyridine rings is 1. The third kappa shape index (κ3) is 4.37. The summed E-state index contributed by atoms with van der Waals surface area (Å²) in [5.74, 6) is 0.610. The van der Waals surface area contributed by atoms with E-state index in [-0.39, 0.29) is 0 Å². The van der Waals surface area contributed by atoms with E-state index in [2.05, 4.69) is 15.7 Å². The number of amidine groups is 1. The molecule has 0 saturated heterocycles. The number of aromatic nitrogens is 1. The summed E-state index contributed by atoms with van der Waals surface area (Å²) in [6.45, 7) is 0. The Kier molecular flexibility index (Phi) is 5.44. The van der Waals surface area contributed by atoms with Gasteiger partial charge in [0, 0.05) is 11.9 Å². The molecule has 0 saturated carbocycles. The molecule has 1 heterocycles. The number of halogens is 1. The molecule has 1 aromatic rings. The van der Waals surface area contributed by atoms with Gasteiger partial charge in [-0.3, -0.25) is 10.7 Å². The number of hydrogen-bond donors (Lipinski definition) is 1. The van der Waals surface area contributed by atoms with Gasteiger partial charge in [-0.25, -0.2) is 0 Å². The number of nitrogens with two attached hydrogens (primary N) is 1. The van der Waals surface area contributed by atoms with Crippen LogP contribution in [0.1, 0.15) is 11.3 Å². The minimum absolute atomic E-state index is 0.388. The van der Waals surface area contributed by atoms with Gasteiger partial charge < -0.3 is 0 Å². The molecule has 0 bridgehead atoms. The van der Waals surface area contributed by atoms with Crippen molar-refractivity contribution in [2.24, 2.45) is 5.73 Å². The fourth-order valence-corrected chi connectivity index (χ4v) is 1.79. The van der Waals surface area contributed by atoms with Crippen LogP contribution in [-0.2, 0) is 12.2 Å². The highest BCUT2D eigenvalue weighted by Crippen LogP contribution is 2.10. The lowest BCUT2D eigenvalue weighted by atomic mass is 10.2. The molecule has 82 valence electrons. The minimum atomic E-state index is 0.388. The van der Waals surface area contributed by atoms with Crippen molar-refractivity contribution in [3.05, 3.63) is 29.6 Å². The third-order valence-electron chi connectivity index (χ3n) is 1.71. The number of nitrogens with zero attached hydrogens (tertiary/aromatic N) is 3. The van der Waals surface area contributed by atoms with Gasteiger partial charge in [0.15, 0.2) is 0 Å². The predicted molar refractivity (Wildman–Crippen MR) is 68.1 cm³/mol. The van der Waals surface area contributed by atoms with E-state index in [1.165, 1.54) is 11.8 Å². The third-order valence-corrected chi connectivity index (χ3v) is 2.65. The average Bonchev–Trinajstić information content (AvgIpc) is 2.28. The van der Waals surface area contributed by atoms with Crippen molar-refractivity contribution in [3.8, 4) is 6.07 Å². The maximum Gasteiger partial charge on any atom is 0.403 e. The summed E-state index contributed by atoms with van der Waals surface area (Å²) in [6.07, 6.45) is 2.07. The molecule has 0 radical (unpaired) electrons. The summed E-state index contributed by atoms with van der Waals surface area (Å²) >= 11 is 6.63. The van der Waals surface area contributed by atoms with E-state index in [4.69, 9.17) is 22.6 Å². The van der Waals surface area contributed by atoms with E-state index in [0.29, 0.717) is 17.3 Å². The molecule has 0 fully saturated rings. The molecule has 0 amide bonds. The molecule has 0 aliphatic carbocycles. The Bertz CT molecular complexity index is 460. The van der Waals surface area contributed by atoms with Crippen LogP contribution in [0.2, 0.25) is 0 Å². The van der Waals surface area contributed by atoms with Gasteiger partial charge >= 0.3 is 5.17 Å². The smallest absolute Gasteiger partial charge is 0.267 e. The molecule has 0 unspecified atom stereocenters. The SMILES string of the molecule is N#CCc1ccnc(CSC(N)=[N+]=CCl)c1. The van der Waals surface area contributed by atoms with Gasteiger partial charge in [-0.15, -0.1) is 0 Å². The van der Waals surface area contributed by atoms with E-state index >= 15 is 0 Å². The second-order valence-corrected chi connectivity index (χ2v) is 4.03. The average molecular weight is 254 g/mol. The fourth-order valence-electron chi connectivity index (χ4n) is 1.04. The normalized spacial score (nSPS) is 9.00. The van der Waals surface area contributed by atoms with Crippen molar-refractivity contribution in [2.45, 2.75) is 12.2 Å². The Morgan fingerprint density at radius 3 is 3.25 bits per heavy atom. The predicted octanol–water partition coefficient (Wildman–Crippen LogP) is 1.03. The van der Waals surface area contributed by atoms with E-state index in [1.807, 2.05) is 12.1 Å². The maximum atomic E-state index is 8.57. The first kappa shape index (κ1) is 12.6. The van der Waals surface area contributed by atoms with Crippen LogP contribution < -0.4 is 10.4 Å². The summed E-state index contributed by atoms with van der Waals surface area (Å²) in [6, 6.07) is 5.79. The van der Waals surface area contributed by atoms with Crippen LogP contribution in [0, 0.1) is 11.3 Å². The number of thioether (sulfide) groups is 1. The second kappa shape index (κ2) is 6.91. The van der Waals surface area contributed by atoms with Crippen molar-refractivity contribution in [1.29, 1.82) is 5.26 Å². The highest BCUT2D eigenvalue weighted by molar-refractivity contribution is 8.13. The second-order valence-electron chi connectivity index (χ2n) is 2.84. The largest absolute Gasteiger partial charge is 0.403 e. The van der Waals surface area contributed by atoms with Gasteiger partial charge in [0.2, 0.25) is 0 Å². The highest BCUT2D eigenvalue weighted by atomic mass is 35.5. The quantitative estimate of drug-likeness (QED) is 0.496. The Labute approximate surface area is 103 Å². The molecule has 16 heavy (non-hydrogen) atoms. The van der Waals surface area contributed by atoms with Gasteiger partial charge in [-0.05, 0) is 41.1 Å². The molecular formula is C10H10ClN4S+. The Balaban J connectivity index is 2.64. The van der Waals surface area contributed by atoms with Crippen molar-refractivity contribution >= 4 is 34.2 Å². The van der Waals surface area contributed by atoms with Crippen LogP contribution in [0.4, 0.5) is 0 Å². The zero-order valence-corrected chi connectivity index (χ0v) is 10.0. The van der Waals surface area contributed by atoms with Crippen LogP contribution >= 0.6 is 23.4 Å². The zero-order chi connectivity index (χ0) is 11.8. The van der Waals surface area contributed by atoms with Crippen LogP contribution in [0.25, 0.3) is 0 Å². The van der Waals surface area contributed by atoms with Crippen LogP contribution in [-0.4, -0.2) is 15.8 Å². The van der Waals surface area contributed by atoms with Gasteiger partial charge in [0.1, 0.15) is 0 Å². The molecule has 4 nitrogen and oxygen atoms in total. The molecule has 1 aromatic heterocycles. The lowest BCUT2D eigenvalue weighted by Gasteiger charge is -1.98. The molecule has 1 rings (SSSR count). The van der Waals surface area contributed by atoms with Gasteiger partial charge in [0.05, 0.1) is 18.2 Å². The summed E-state index contributed by atoms with van der Waals surface area (Å²) in [4.78, 5) is 4.17. The van der Waals surface area contributed by atoms with Crippen molar-refractivity contribution in [3.63, 3.8) is 0 Å². The molecule has 0 aliphatic heterocycles. The minimum Gasteiger partial charge on any atom is -0.267 e. The van der Waals surface area contributed by atoms with Crippen LogP contribution in [0.5, 0.6) is 0 Å². The first-order chi connectivity index (χ1) is 7.76. The lowest BCUT2D eigenvalue weighted by Crippen LogP contribution is -2.10. The summed E-state index contributed by atoms with van der Waals surface area (Å²) in [5, 5.41) is 8.96. The number of rotatable bonds is 3. The van der Waals surface area contributed by atoms with E-state index in [1.54, 1.807) is 6.20 Å². The lowest BCUT2D eigenvalue weighted by molar-refractivity contribution is 1.13.